The Balaban J connectivity index is 1.29. The van der Waals surface area contributed by atoms with Crippen LogP contribution in [0.5, 0.6) is 0 Å². The highest BCUT2D eigenvalue weighted by Crippen LogP contribution is 2.68. The van der Waals surface area contributed by atoms with Gasteiger partial charge in [0.05, 0.1) is 38.8 Å². The molecule has 332 valence electrons. The number of aromatic nitrogens is 5. The zero-order chi connectivity index (χ0) is 45.3. The van der Waals surface area contributed by atoms with Gasteiger partial charge < -0.3 is 10.1 Å². The molecule has 2 aromatic carbocycles. The fourth-order valence-electron chi connectivity index (χ4n) is 8.04. The van der Waals surface area contributed by atoms with Gasteiger partial charge in [0.15, 0.2) is 5.82 Å². The molecule has 8 rings (SSSR count). The Morgan fingerprint density at radius 3 is 2.37 bits per heavy atom. The van der Waals surface area contributed by atoms with Crippen molar-refractivity contribution in [3.63, 3.8) is 0 Å². The van der Waals surface area contributed by atoms with Gasteiger partial charge in [-0.2, -0.15) is 19.0 Å². The number of amides is 1. The molecule has 2 fully saturated rings. The second-order valence-electron chi connectivity index (χ2n) is 16.6. The minimum absolute atomic E-state index is 0.0153. The van der Waals surface area contributed by atoms with Gasteiger partial charge in [-0.3, -0.25) is 18.9 Å². The van der Waals surface area contributed by atoms with Crippen molar-refractivity contribution in [2.45, 2.75) is 83.4 Å². The Labute approximate surface area is 359 Å². The lowest BCUT2D eigenvalue weighted by atomic mass is 9.93. The number of carbonyl (C=O) groups excluding carboxylic acids is 2. The second-order valence-corrected chi connectivity index (χ2v) is 18.7. The minimum Gasteiger partial charge on any atom is -0.346 e. The summed E-state index contributed by atoms with van der Waals surface area (Å²) in [7, 11) is -4.05. The van der Waals surface area contributed by atoms with E-state index in [1.54, 1.807) is 0 Å². The molecule has 63 heavy (non-hydrogen) atoms. The van der Waals surface area contributed by atoms with Gasteiger partial charge >= 0.3 is 0 Å². The van der Waals surface area contributed by atoms with Crippen LogP contribution in [0.15, 0.2) is 42.5 Å². The molecule has 1 amide bonds. The molecule has 3 aliphatic carbocycles. The molecule has 2 N–H and O–H groups in total. The van der Waals surface area contributed by atoms with Crippen LogP contribution in [0.1, 0.15) is 85.4 Å². The summed E-state index contributed by atoms with van der Waals surface area (Å²) >= 11 is 6.65. The lowest BCUT2D eigenvalue weighted by Crippen LogP contribution is -2.35. The van der Waals surface area contributed by atoms with Crippen LogP contribution in [0.2, 0.25) is 5.02 Å². The molecular weight excluding hydrogens is 886 g/mol. The maximum atomic E-state index is 15.5. The number of hydrogen-bond acceptors (Lipinski definition) is 7. The summed E-state index contributed by atoms with van der Waals surface area (Å²) < 4.78 is 147. The third kappa shape index (κ3) is 8.99. The average Bonchev–Trinajstić information content (AvgIpc) is 4.09. The number of rotatable bonds is 15. The SMILES string of the molecule is CC(C)(C#Cc1ccc(-c2ccc(Cl)c3c(NS(=O)(=O)CC4CC4)nn(CC(F)F)c23)c([C@H](Cc2cc(F)cc(F)c2)NC(=O)Cn2nc(C(F)F)c3c2C(F)(F)[C@@H]2C[C@H]32)n1)C=O. The number of benzene rings is 2. The van der Waals surface area contributed by atoms with Crippen molar-refractivity contribution >= 4 is 50.5 Å². The number of sulfonamides is 1. The van der Waals surface area contributed by atoms with E-state index in [1.165, 1.54) is 38.1 Å². The first-order chi connectivity index (χ1) is 29.6. The van der Waals surface area contributed by atoms with Gasteiger partial charge in [0.1, 0.15) is 48.1 Å². The topological polar surface area (TPSA) is 141 Å². The van der Waals surface area contributed by atoms with Gasteiger partial charge in [-0.25, -0.2) is 39.7 Å². The number of hydrogen-bond donors (Lipinski definition) is 2. The fourth-order valence-corrected chi connectivity index (χ4v) is 9.76. The molecule has 3 aromatic heterocycles. The number of alkyl halides is 6. The Hall–Kier alpha value is -5.55. The summed E-state index contributed by atoms with van der Waals surface area (Å²) in [6, 6.07) is 6.59. The number of pyridine rings is 1. The molecule has 0 unspecified atom stereocenters. The van der Waals surface area contributed by atoms with E-state index < -0.39 is 101 Å². The highest BCUT2D eigenvalue weighted by Gasteiger charge is 2.67. The predicted octanol–water partition coefficient (Wildman–Crippen LogP) is 8.47. The van der Waals surface area contributed by atoms with Crippen LogP contribution in [0, 0.1) is 40.7 Å². The van der Waals surface area contributed by atoms with E-state index in [0.29, 0.717) is 29.9 Å². The Morgan fingerprint density at radius 1 is 1.02 bits per heavy atom. The number of anilines is 1. The summed E-state index contributed by atoms with van der Waals surface area (Å²) in [5, 5.41) is 10.4. The van der Waals surface area contributed by atoms with Gasteiger partial charge in [-0.15, -0.1) is 0 Å². The number of carbonyl (C=O) groups is 2. The molecule has 0 aliphatic heterocycles. The minimum atomic E-state index is -4.05. The van der Waals surface area contributed by atoms with Crippen molar-refractivity contribution in [2.75, 3.05) is 10.5 Å². The first-order valence-electron chi connectivity index (χ1n) is 19.6. The number of aldehydes is 1. The first-order valence-corrected chi connectivity index (χ1v) is 21.7. The lowest BCUT2D eigenvalue weighted by molar-refractivity contribution is -0.123. The largest absolute Gasteiger partial charge is 0.346 e. The van der Waals surface area contributed by atoms with E-state index >= 15 is 8.78 Å². The molecule has 3 heterocycles. The molecule has 21 heteroatoms. The van der Waals surface area contributed by atoms with Crippen LogP contribution in [0.4, 0.5) is 40.9 Å². The molecule has 5 aromatic rings. The number of fused-ring (bicyclic) bond motifs is 4. The van der Waals surface area contributed by atoms with Crippen molar-refractivity contribution in [3.8, 4) is 23.0 Å². The van der Waals surface area contributed by atoms with Crippen molar-refractivity contribution < 1.29 is 53.1 Å². The fraction of sp³-hybridized carbons (Fsp3) is 0.405. The van der Waals surface area contributed by atoms with Crippen LogP contribution in [0.25, 0.3) is 22.0 Å². The summed E-state index contributed by atoms with van der Waals surface area (Å²) in [5.41, 5.74) is -3.38. The quantitative estimate of drug-likeness (QED) is 0.0610. The van der Waals surface area contributed by atoms with Crippen LogP contribution >= 0.6 is 11.6 Å². The molecule has 0 bridgehead atoms. The first kappa shape index (κ1) is 44.1. The van der Waals surface area contributed by atoms with Crippen molar-refractivity contribution in [1.29, 1.82) is 0 Å². The van der Waals surface area contributed by atoms with Gasteiger partial charge in [-0.1, -0.05) is 23.6 Å². The van der Waals surface area contributed by atoms with Crippen molar-refractivity contribution in [1.82, 2.24) is 29.9 Å². The highest BCUT2D eigenvalue weighted by atomic mass is 35.5. The van der Waals surface area contributed by atoms with Gasteiger partial charge in [0.25, 0.3) is 18.8 Å². The summed E-state index contributed by atoms with van der Waals surface area (Å²) in [4.78, 5) is 30.5. The zero-order valence-electron chi connectivity index (χ0n) is 33.2. The molecule has 3 atom stereocenters. The number of nitrogens with zero attached hydrogens (tertiary/aromatic N) is 5. The van der Waals surface area contributed by atoms with Gasteiger partial charge in [0, 0.05) is 28.7 Å². The molecule has 0 saturated heterocycles. The summed E-state index contributed by atoms with van der Waals surface area (Å²) in [6.45, 7) is 0.989. The second kappa shape index (κ2) is 16.2. The van der Waals surface area contributed by atoms with E-state index in [1.807, 2.05) is 0 Å². The molecule has 0 radical (unpaired) electrons. The molecule has 0 spiro atoms. The third-order valence-electron chi connectivity index (χ3n) is 11.1. The van der Waals surface area contributed by atoms with Crippen LogP contribution in [-0.2, 0) is 45.0 Å². The summed E-state index contributed by atoms with van der Waals surface area (Å²) in [6.07, 6.45) is -4.78. The van der Waals surface area contributed by atoms with Crippen LogP contribution < -0.4 is 10.0 Å². The maximum absolute atomic E-state index is 15.5. The van der Waals surface area contributed by atoms with Gasteiger partial charge in [0.2, 0.25) is 15.9 Å². The van der Waals surface area contributed by atoms with Gasteiger partial charge in [-0.05, 0) is 93.2 Å². The summed E-state index contributed by atoms with van der Waals surface area (Å²) in [5.74, 6) is -3.89. The standard InChI is InChI=1S/C42H36ClF8N7O4S/c1-41(2,19-59)10-9-24-5-6-25(26-7-8-29(43)34-37(26)57(16-31(46)47)55-40(34)56-63(61,62)18-20-3-4-20)35(52-24)30(13-21-11-22(44)14-23(45)12-21)53-32(60)17-58-38-33(36(54-58)39(48)49)27-15-28(27)42(38,50)51/h5-8,11-12,14,19-20,27-28,30-31,39H,3-4,13,15-18H2,1-2H3,(H,53,60)(H,55,56)/t27-,28+,30-/m0/s1. The monoisotopic (exact) mass is 921 g/mol. The van der Waals surface area contributed by atoms with E-state index in [0.717, 1.165) is 16.8 Å². The Bertz CT molecular complexity index is 2830. The smallest absolute Gasteiger partial charge is 0.293 e. The molecule has 11 nitrogen and oxygen atoms in total. The van der Waals surface area contributed by atoms with Crippen molar-refractivity contribution in [3.05, 3.63) is 93.0 Å². The Kier molecular flexibility index (Phi) is 11.3. The molecule has 3 aliphatic rings. The third-order valence-corrected chi connectivity index (χ3v) is 12.8. The van der Waals surface area contributed by atoms with E-state index in [4.69, 9.17) is 11.6 Å². The molecular formula is C42H36ClF8N7O4S. The van der Waals surface area contributed by atoms with E-state index in [-0.39, 0.29) is 73.5 Å². The average molecular weight is 922 g/mol. The molecule has 2 saturated carbocycles. The Morgan fingerprint density at radius 2 is 1.71 bits per heavy atom. The lowest BCUT2D eigenvalue weighted by Gasteiger charge is -2.23. The normalized spacial score (nSPS) is 18.2. The van der Waals surface area contributed by atoms with E-state index in [9.17, 15) is 44.3 Å². The zero-order valence-corrected chi connectivity index (χ0v) is 34.8. The van der Waals surface area contributed by atoms with Crippen LogP contribution in [-0.4, -0.2) is 57.3 Å². The number of nitrogens with one attached hydrogen (secondary N) is 2. The van der Waals surface area contributed by atoms with Crippen LogP contribution in [0.3, 0.4) is 0 Å². The van der Waals surface area contributed by atoms with E-state index in [2.05, 4.69) is 37.1 Å². The maximum Gasteiger partial charge on any atom is 0.293 e. The number of halogens is 9. The van der Waals surface area contributed by atoms with Crippen molar-refractivity contribution in [2.24, 2.45) is 17.3 Å². The predicted molar refractivity (Wildman–Crippen MR) is 214 cm³/mol. The highest BCUT2D eigenvalue weighted by molar-refractivity contribution is 7.92.